The number of carbonyl (C=O) groups is 2. The second-order valence-electron chi connectivity index (χ2n) is 0.500. The van der Waals surface area contributed by atoms with E-state index in [4.69, 9.17) is 30.0 Å². The summed E-state index contributed by atoms with van der Waals surface area (Å²) >= 11 is 0. The zero-order chi connectivity index (χ0) is 7.15. The van der Waals surface area contributed by atoms with Gasteiger partial charge in [0.25, 0.3) is 0 Å². The van der Waals surface area contributed by atoms with Crippen LogP contribution in [0, 0.1) is 0 Å². The minimum Gasteiger partial charge on any atom is -0.652 e. The summed E-state index contributed by atoms with van der Waals surface area (Å²) in [6, 6.07) is 0. The van der Waals surface area contributed by atoms with Crippen molar-refractivity contribution in [3.63, 3.8) is 0 Å². The molecule has 0 aromatic carbocycles. The van der Waals surface area contributed by atoms with Crippen LogP contribution in [0.25, 0.3) is 0 Å². The zero-order valence-electron chi connectivity index (χ0n) is 5.57. The molecule has 0 aliphatic rings. The van der Waals surface area contributed by atoms with E-state index in [2.05, 4.69) is 0 Å². The van der Waals surface area contributed by atoms with Crippen LogP contribution >= 0.6 is 0 Å². The summed E-state index contributed by atoms with van der Waals surface area (Å²) in [5.41, 5.74) is 0. The van der Waals surface area contributed by atoms with Gasteiger partial charge in [-0.05, 0) is 12.3 Å². The van der Waals surface area contributed by atoms with E-state index in [9.17, 15) is 0 Å². The van der Waals surface area contributed by atoms with E-state index >= 15 is 0 Å². The second kappa shape index (κ2) is 22.5. The minimum absolute atomic E-state index is 0. The molecule has 0 aliphatic carbocycles. The summed E-state index contributed by atoms with van der Waals surface area (Å²) in [5.74, 6) is 0. The smallest absolute Gasteiger partial charge is 0.652 e. The van der Waals surface area contributed by atoms with Crippen molar-refractivity contribution in [1.82, 2.24) is 0 Å². The summed E-state index contributed by atoms with van der Waals surface area (Å²) in [6.45, 7) is 0. The van der Waals surface area contributed by atoms with Crippen molar-refractivity contribution in [3.05, 3.63) is 0 Å². The third kappa shape index (κ3) is 556. The Morgan fingerprint density at radius 3 is 0.727 bits per heavy atom. The second-order valence-corrected chi connectivity index (χ2v) is 0.500. The molecule has 6 nitrogen and oxygen atoms in total. The Morgan fingerprint density at radius 1 is 0.727 bits per heavy atom. The molecule has 0 saturated carbocycles. The fourth-order valence-electron chi connectivity index (χ4n) is 0. The Morgan fingerprint density at radius 2 is 0.727 bits per heavy atom. The Bertz CT molecular complexity index is 76.6. The van der Waals surface area contributed by atoms with Gasteiger partial charge in [0.15, 0.2) is 0 Å². The van der Waals surface area contributed by atoms with Crippen LogP contribution in [0.15, 0.2) is 0 Å². The molecule has 0 aromatic heterocycles. The van der Waals surface area contributed by atoms with E-state index in [-0.39, 0.29) is 83.8 Å². The average Bonchev–Trinajstić information content (AvgIpc) is 1.25. The molecule has 0 N–H and O–H groups in total. The van der Waals surface area contributed by atoms with Gasteiger partial charge in [0.1, 0.15) is 0 Å². The van der Waals surface area contributed by atoms with Gasteiger partial charge in [-0.15, -0.1) is 0 Å². The number of hydrogen-bond donors (Lipinski definition) is 0. The van der Waals surface area contributed by atoms with E-state index in [0.717, 1.165) is 0 Å². The molecule has 0 spiro atoms. The first kappa shape index (κ1) is 29.5. The number of rotatable bonds is 0. The maximum atomic E-state index is 8.33. The fourth-order valence-corrected chi connectivity index (χ4v) is 0. The summed E-state index contributed by atoms with van der Waals surface area (Å²) in [7, 11) is 0. The number of carboxylic acid groups (broad SMARTS) is 4. The van der Waals surface area contributed by atoms with Crippen LogP contribution in [0.2, 0.25) is 0 Å². The first-order valence-corrected chi connectivity index (χ1v) is 1.22. The van der Waals surface area contributed by atoms with Crippen molar-refractivity contribution in [2.45, 2.75) is 0 Å². The Hall–Kier alpha value is 1.33. The van der Waals surface area contributed by atoms with E-state index in [1.165, 1.54) is 0 Å². The van der Waals surface area contributed by atoms with Gasteiger partial charge in [-0.2, -0.15) is 0 Å². The Labute approximate surface area is 124 Å². The predicted octanol–water partition coefficient (Wildman–Crippen LogP) is -6.04. The third-order valence-electron chi connectivity index (χ3n) is 0. The fraction of sp³-hybridized carbons (Fsp3) is 0. The SMILES string of the molecule is O=C([O-])[O-].O=C([O-])[O-].[Ca+2].[Mg+2].[Mg+2]. The van der Waals surface area contributed by atoms with E-state index in [0.29, 0.717) is 0 Å². The molecule has 9 heteroatoms. The van der Waals surface area contributed by atoms with Gasteiger partial charge in [-0.1, -0.05) is 0 Å². The molecule has 0 bridgehead atoms. The standard InChI is InChI=1S/2CH2O3.Ca.2Mg/c2*2-1(3)4;;;/h2*(H2,2,3,4);;;/q;;3*+2/p-4. The molecule has 0 saturated heterocycles. The first-order chi connectivity index (χ1) is 3.46. The number of hydrogen-bond acceptors (Lipinski definition) is 6. The van der Waals surface area contributed by atoms with Crippen LogP contribution in [0.4, 0.5) is 9.59 Å². The van der Waals surface area contributed by atoms with E-state index in [1.807, 2.05) is 0 Å². The monoisotopic (exact) mass is 208 g/mol. The maximum Gasteiger partial charge on any atom is 2.00 e. The van der Waals surface area contributed by atoms with Crippen LogP contribution in [0.1, 0.15) is 0 Å². The van der Waals surface area contributed by atoms with Crippen LogP contribution in [-0.2, 0) is 0 Å². The van der Waals surface area contributed by atoms with Crippen molar-refractivity contribution in [2.24, 2.45) is 0 Å². The summed E-state index contributed by atoms with van der Waals surface area (Å²) in [6.07, 6.45) is -4.67. The molecular weight excluding hydrogens is 209 g/mol. The molecule has 0 heterocycles. The largest absolute Gasteiger partial charge is 2.00 e. The van der Waals surface area contributed by atoms with Crippen molar-refractivity contribution in [2.75, 3.05) is 0 Å². The van der Waals surface area contributed by atoms with Gasteiger partial charge in [-0.25, -0.2) is 0 Å². The molecule has 0 aliphatic heterocycles. The van der Waals surface area contributed by atoms with Crippen LogP contribution in [0.5, 0.6) is 0 Å². The molecule has 48 valence electrons. The van der Waals surface area contributed by atoms with Crippen molar-refractivity contribution < 1.29 is 30.0 Å². The topological polar surface area (TPSA) is 126 Å². The van der Waals surface area contributed by atoms with Gasteiger partial charge < -0.3 is 30.0 Å². The predicted molar refractivity (Wildman–Crippen MR) is 28.1 cm³/mol. The molecule has 0 atom stereocenters. The normalized spacial score (nSPS) is 4.36. The molecular formula is C2CaMg2O6+2. The van der Waals surface area contributed by atoms with Crippen molar-refractivity contribution >= 4 is 96.2 Å². The summed E-state index contributed by atoms with van der Waals surface area (Å²) < 4.78 is 0. The minimum atomic E-state index is -2.33. The van der Waals surface area contributed by atoms with Crippen LogP contribution < -0.4 is 20.4 Å². The van der Waals surface area contributed by atoms with Crippen LogP contribution in [0.3, 0.4) is 0 Å². The molecule has 11 heavy (non-hydrogen) atoms. The van der Waals surface area contributed by atoms with Crippen molar-refractivity contribution in [3.8, 4) is 0 Å². The van der Waals surface area contributed by atoms with Crippen LogP contribution in [-0.4, -0.2) is 96.2 Å². The number of carbonyl (C=O) groups excluding carboxylic acids is 2. The van der Waals surface area contributed by atoms with E-state index < -0.39 is 12.3 Å². The van der Waals surface area contributed by atoms with Gasteiger partial charge in [-0.3, -0.25) is 0 Å². The van der Waals surface area contributed by atoms with Gasteiger partial charge in [0.05, 0.1) is 0 Å². The van der Waals surface area contributed by atoms with Gasteiger partial charge in [0.2, 0.25) is 0 Å². The molecule has 0 unspecified atom stereocenters. The maximum absolute atomic E-state index is 8.33. The quantitative estimate of drug-likeness (QED) is 0.365. The molecule has 0 aromatic rings. The Kier molecular flexibility index (Phi) is 60.3. The summed E-state index contributed by atoms with van der Waals surface area (Å²) in [4.78, 5) is 16.7. The molecule has 0 radical (unpaired) electrons. The Balaban J connectivity index is -0.0000000171. The molecule has 0 rings (SSSR count). The van der Waals surface area contributed by atoms with Gasteiger partial charge >= 0.3 is 83.8 Å². The average molecular weight is 209 g/mol. The van der Waals surface area contributed by atoms with Gasteiger partial charge in [0, 0.05) is 0 Å². The molecule has 0 amide bonds. The van der Waals surface area contributed by atoms with E-state index in [1.54, 1.807) is 0 Å². The first-order valence-electron chi connectivity index (χ1n) is 1.22. The molecule has 0 fully saturated rings. The third-order valence-corrected chi connectivity index (χ3v) is 0. The van der Waals surface area contributed by atoms with Crippen molar-refractivity contribution in [1.29, 1.82) is 0 Å². The summed E-state index contributed by atoms with van der Waals surface area (Å²) in [5, 5.41) is 33.3. The zero-order valence-corrected chi connectivity index (χ0v) is 10.6.